The summed E-state index contributed by atoms with van der Waals surface area (Å²) in [7, 11) is 2.11. The van der Waals surface area contributed by atoms with Crippen molar-refractivity contribution in [2.75, 3.05) is 51.3 Å². The van der Waals surface area contributed by atoms with Gasteiger partial charge in [0.1, 0.15) is 12.1 Å². The largest absolute Gasteiger partial charge is 0.462 e. The number of halogens is 1. The van der Waals surface area contributed by atoms with Gasteiger partial charge in [-0.2, -0.15) is 15.2 Å². The average Bonchev–Trinajstić information content (AvgIpc) is 3.26. The lowest BCUT2D eigenvalue weighted by atomic mass is 10.1. The molecule has 1 amide bonds. The fraction of sp³-hybridized carbons (Fsp3) is 0.625. The number of nitrogens with zero attached hydrogens (tertiary/aromatic N) is 7. The van der Waals surface area contributed by atoms with Crippen LogP contribution in [0.1, 0.15) is 39.0 Å². The zero-order valence-corrected chi connectivity index (χ0v) is 21.9. The summed E-state index contributed by atoms with van der Waals surface area (Å²) in [6.07, 6.45) is 5.59. The van der Waals surface area contributed by atoms with E-state index >= 15 is 0 Å². The van der Waals surface area contributed by atoms with Crippen molar-refractivity contribution in [2.24, 2.45) is 0 Å². The minimum Gasteiger partial charge on any atom is -0.462 e. The number of piperazine rings is 1. The van der Waals surface area contributed by atoms with Crippen molar-refractivity contribution in [3.8, 4) is 12.1 Å². The molecule has 4 heterocycles. The number of ether oxygens (including phenoxy) is 2. The molecule has 0 aliphatic carbocycles. The van der Waals surface area contributed by atoms with Gasteiger partial charge in [0.2, 0.25) is 0 Å². The van der Waals surface area contributed by atoms with Crippen LogP contribution in [0.2, 0.25) is 0 Å². The van der Waals surface area contributed by atoms with Crippen LogP contribution in [0.3, 0.4) is 0 Å². The van der Waals surface area contributed by atoms with Crippen molar-refractivity contribution in [2.45, 2.75) is 51.1 Å². The lowest BCUT2D eigenvalue weighted by molar-refractivity contribution is 0.0812. The summed E-state index contributed by atoms with van der Waals surface area (Å²) >= 11 is 3.48. The van der Waals surface area contributed by atoms with E-state index in [9.17, 15) is 10.1 Å². The normalized spacial score (nSPS) is 20.7. The van der Waals surface area contributed by atoms with Gasteiger partial charge in [0, 0.05) is 36.3 Å². The van der Waals surface area contributed by atoms with Crippen LogP contribution in [0.5, 0.6) is 6.01 Å². The summed E-state index contributed by atoms with van der Waals surface area (Å²) in [5.74, 6) is 0.652. The highest BCUT2D eigenvalue weighted by molar-refractivity contribution is 9.10. The number of unbranched alkanes of at least 4 members (excludes halogenated alkanes) is 1. The minimum atomic E-state index is -0.363. The zero-order valence-electron chi connectivity index (χ0n) is 20.3. The first-order chi connectivity index (χ1) is 17.0. The molecule has 2 saturated heterocycles. The van der Waals surface area contributed by atoms with E-state index in [1.54, 1.807) is 11.1 Å². The molecule has 0 saturated carbocycles. The van der Waals surface area contributed by atoms with Crippen molar-refractivity contribution in [3.63, 3.8) is 0 Å². The van der Waals surface area contributed by atoms with Gasteiger partial charge in [0.05, 0.1) is 30.7 Å². The lowest BCUT2D eigenvalue weighted by Crippen LogP contribution is -2.55. The molecule has 0 aromatic carbocycles. The van der Waals surface area contributed by atoms with Crippen LogP contribution in [-0.4, -0.2) is 89.4 Å². The number of anilines is 1. The Kier molecular flexibility index (Phi) is 8.57. The molecule has 0 bridgehead atoms. The molecule has 2 fully saturated rings. The summed E-state index contributed by atoms with van der Waals surface area (Å²) < 4.78 is 12.3. The molecule has 0 spiro atoms. The van der Waals surface area contributed by atoms with Gasteiger partial charge in [-0.05, 0) is 54.9 Å². The van der Waals surface area contributed by atoms with Gasteiger partial charge in [0.25, 0.3) is 0 Å². The maximum Gasteiger partial charge on any atom is 0.410 e. The average molecular weight is 546 g/mol. The highest BCUT2D eigenvalue weighted by atomic mass is 79.9. The second-order valence-corrected chi connectivity index (χ2v) is 9.98. The Labute approximate surface area is 214 Å². The summed E-state index contributed by atoms with van der Waals surface area (Å²) in [5.41, 5.74) is 1.34. The number of likely N-dealkylation sites (tertiary alicyclic amines) is 1. The third kappa shape index (κ3) is 6.11. The number of amides is 1. The minimum absolute atomic E-state index is 0.207. The third-order valence-electron chi connectivity index (χ3n) is 6.61. The van der Waals surface area contributed by atoms with E-state index in [0.29, 0.717) is 61.8 Å². The second kappa shape index (κ2) is 11.8. The van der Waals surface area contributed by atoms with Gasteiger partial charge in [-0.25, -0.2) is 9.78 Å². The predicted octanol–water partition coefficient (Wildman–Crippen LogP) is 3.60. The van der Waals surface area contributed by atoms with Crippen molar-refractivity contribution < 1.29 is 14.3 Å². The monoisotopic (exact) mass is 545 g/mol. The Morgan fingerprint density at radius 2 is 2.14 bits per heavy atom. The summed E-state index contributed by atoms with van der Waals surface area (Å²) in [4.78, 5) is 32.6. The van der Waals surface area contributed by atoms with Crippen molar-refractivity contribution in [3.05, 3.63) is 16.7 Å². The van der Waals surface area contributed by atoms with Crippen LogP contribution in [0.25, 0.3) is 11.0 Å². The number of fused-ring (bicyclic) bond motifs is 1. The fourth-order valence-corrected chi connectivity index (χ4v) is 4.88. The van der Waals surface area contributed by atoms with E-state index in [4.69, 9.17) is 14.5 Å². The molecule has 0 N–H and O–H groups in total. The Hall–Kier alpha value is -2.71. The molecule has 11 heteroatoms. The molecule has 2 aliphatic rings. The SMILES string of the molecule is CCCCOC(=O)N1CCN(c2nc(OC[C@@H]3CCCN3C)nc3cc(Br)cnc23)C[C@@H]1CC#N. The first-order valence-electron chi connectivity index (χ1n) is 12.2. The van der Waals surface area contributed by atoms with Gasteiger partial charge in [-0.15, -0.1) is 0 Å². The highest BCUT2D eigenvalue weighted by Gasteiger charge is 2.33. The molecule has 188 valence electrons. The van der Waals surface area contributed by atoms with E-state index < -0.39 is 0 Å². The van der Waals surface area contributed by atoms with E-state index in [1.807, 2.05) is 13.0 Å². The molecular weight excluding hydrogens is 514 g/mol. The Bertz CT molecular complexity index is 1080. The van der Waals surface area contributed by atoms with Crippen LogP contribution < -0.4 is 9.64 Å². The molecule has 4 rings (SSSR count). The number of nitriles is 1. The van der Waals surface area contributed by atoms with E-state index in [-0.39, 0.29) is 18.6 Å². The molecule has 0 radical (unpaired) electrons. The lowest BCUT2D eigenvalue weighted by Gasteiger charge is -2.40. The molecule has 0 unspecified atom stereocenters. The van der Waals surface area contributed by atoms with E-state index in [0.717, 1.165) is 36.7 Å². The van der Waals surface area contributed by atoms with Crippen molar-refractivity contribution >= 4 is 38.9 Å². The highest BCUT2D eigenvalue weighted by Crippen LogP contribution is 2.29. The van der Waals surface area contributed by atoms with Crippen LogP contribution in [-0.2, 0) is 4.74 Å². The second-order valence-electron chi connectivity index (χ2n) is 9.06. The molecule has 2 atom stereocenters. The van der Waals surface area contributed by atoms with Gasteiger partial charge in [0.15, 0.2) is 5.82 Å². The molecule has 10 nitrogen and oxygen atoms in total. The zero-order chi connectivity index (χ0) is 24.8. The maximum absolute atomic E-state index is 12.7. The van der Waals surface area contributed by atoms with Crippen molar-refractivity contribution in [1.82, 2.24) is 24.8 Å². The summed E-state index contributed by atoms with van der Waals surface area (Å²) in [6, 6.07) is 4.47. The summed E-state index contributed by atoms with van der Waals surface area (Å²) in [5, 5.41) is 9.42. The Morgan fingerprint density at radius 1 is 1.29 bits per heavy atom. The Balaban J connectivity index is 1.56. The number of carbonyl (C=O) groups excluding carboxylic acids is 1. The number of pyridine rings is 1. The van der Waals surface area contributed by atoms with Gasteiger partial charge < -0.3 is 24.2 Å². The van der Waals surface area contributed by atoms with E-state index in [2.05, 4.69) is 48.8 Å². The maximum atomic E-state index is 12.7. The van der Waals surface area contributed by atoms with Crippen molar-refractivity contribution in [1.29, 1.82) is 5.26 Å². The first-order valence-corrected chi connectivity index (χ1v) is 13.0. The first kappa shape index (κ1) is 25.4. The van der Waals surface area contributed by atoms with E-state index in [1.165, 1.54) is 0 Å². The van der Waals surface area contributed by atoms with Crippen LogP contribution >= 0.6 is 15.9 Å². The number of carbonyl (C=O) groups is 1. The van der Waals surface area contributed by atoms with Gasteiger partial charge in [-0.1, -0.05) is 13.3 Å². The number of aromatic nitrogens is 3. The predicted molar refractivity (Wildman–Crippen MR) is 135 cm³/mol. The van der Waals surface area contributed by atoms with Crippen LogP contribution in [0, 0.1) is 11.3 Å². The molecule has 35 heavy (non-hydrogen) atoms. The quantitative estimate of drug-likeness (QED) is 0.459. The number of rotatable bonds is 8. The van der Waals surface area contributed by atoms with Crippen LogP contribution in [0.15, 0.2) is 16.7 Å². The Morgan fingerprint density at radius 3 is 2.89 bits per heavy atom. The number of hydrogen-bond donors (Lipinski definition) is 0. The standard InChI is InChI=1S/C24H32BrN7O3/c1-3-4-12-34-24(33)32-11-10-31(15-18(32)7-8-26)22-21-20(13-17(25)14-27-21)28-23(29-22)35-16-19-6-5-9-30(19)2/h13-14,18-19H,3-7,9-12,15-16H2,1-2H3/t18-,19-/m0/s1. The topological polar surface area (TPSA) is 108 Å². The fourth-order valence-electron chi connectivity index (χ4n) is 4.56. The third-order valence-corrected chi connectivity index (χ3v) is 7.04. The van der Waals surface area contributed by atoms with Crippen LogP contribution in [0.4, 0.5) is 10.6 Å². The number of hydrogen-bond acceptors (Lipinski definition) is 9. The van der Waals surface area contributed by atoms with Gasteiger partial charge in [-0.3, -0.25) is 0 Å². The van der Waals surface area contributed by atoms with Gasteiger partial charge >= 0.3 is 12.1 Å². The number of likely N-dealkylation sites (N-methyl/N-ethyl adjacent to an activating group) is 1. The molecule has 2 aromatic heterocycles. The summed E-state index contributed by atoms with van der Waals surface area (Å²) in [6.45, 7) is 5.46. The smallest absolute Gasteiger partial charge is 0.410 e. The molecular formula is C24H32BrN7O3. The molecule has 2 aromatic rings. The molecule has 2 aliphatic heterocycles.